The van der Waals surface area contributed by atoms with Gasteiger partial charge in [-0.05, 0) is 61.6 Å². The highest BCUT2D eigenvalue weighted by Gasteiger charge is 2.38. The number of anilines is 1. The Hall–Kier alpha value is -3.06. The molecule has 2 amide bonds. The molecule has 32 heavy (non-hydrogen) atoms. The van der Waals surface area contributed by atoms with Crippen LogP contribution in [0.25, 0.3) is 0 Å². The highest BCUT2D eigenvalue weighted by Crippen LogP contribution is 2.35. The molecule has 3 N–H and O–H groups in total. The summed E-state index contributed by atoms with van der Waals surface area (Å²) in [6.45, 7) is 0.685. The second-order valence-electron chi connectivity index (χ2n) is 8.98. The van der Waals surface area contributed by atoms with Crippen molar-refractivity contribution in [1.29, 1.82) is 0 Å². The number of ether oxygens (including phenoxy) is 2. The zero-order valence-electron chi connectivity index (χ0n) is 18.1. The van der Waals surface area contributed by atoms with Crippen LogP contribution in [0.15, 0.2) is 42.5 Å². The number of fused-ring (bicyclic) bond motifs is 1. The molecule has 2 aliphatic carbocycles. The van der Waals surface area contributed by atoms with Crippen LogP contribution < -0.4 is 20.5 Å². The number of hydrogen-bond donors (Lipinski definition) is 2. The average Bonchev–Trinajstić information content (AvgIpc) is 3.55. The Balaban J connectivity index is 1.31. The van der Waals surface area contributed by atoms with E-state index in [0.29, 0.717) is 29.3 Å². The van der Waals surface area contributed by atoms with Crippen LogP contribution in [-0.2, 0) is 11.3 Å². The molecular formula is C25H29N3O4. The minimum absolute atomic E-state index is 0.0281. The first kappa shape index (κ1) is 20.8. The molecule has 7 nitrogen and oxygen atoms in total. The van der Waals surface area contributed by atoms with Gasteiger partial charge in [0, 0.05) is 35.8 Å². The predicted octanol–water partition coefficient (Wildman–Crippen LogP) is 3.68. The largest absolute Gasteiger partial charge is 0.454 e. The molecule has 2 unspecified atom stereocenters. The van der Waals surface area contributed by atoms with E-state index in [1.807, 2.05) is 29.2 Å². The van der Waals surface area contributed by atoms with Crippen molar-refractivity contribution in [2.24, 2.45) is 11.7 Å². The Morgan fingerprint density at radius 2 is 1.81 bits per heavy atom. The second-order valence-corrected chi connectivity index (χ2v) is 8.98. The Morgan fingerprint density at radius 3 is 2.62 bits per heavy atom. The summed E-state index contributed by atoms with van der Waals surface area (Å²) < 4.78 is 10.7. The summed E-state index contributed by atoms with van der Waals surface area (Å²) in [4.78, 5) is 27.8. The Labute approximate surface area is 187 Å². The minimum atomic E-state index is -0.222. The van der Waals surface area contributed by atoms with E-state index in [-0.39, 0.29) is 36.6 Å². The molecular weight excluding hydrogens is 406 g/mol. The summed E-state index contributed by atoms with van der Waals surface area (Å²) in [5, 5.41) is 2.95. The van der Waals surface area contributed by atoms with Gasteiger partial charge < -0.3 is 25.4 Å². The fraction of sp³-hybridized carbons (Fsp3) is 0.440. The molecule has 0 bridgehead atoms. The zero-order chi connectivity index (χ0) is 22.1. The standard InChI is InChI=1S/C25H29N3O4/c26-20-6-1-2-7-21(20)28(25(30)17-8-9-17)14-16-4-3-5-19(12-16)27-24(29)18-10-11-22-23(13-18)32-15-31-22/h3-5,10-13,17,20-21H,1-2,6-9,14-15,26H2,(H,27,29). The van der Waals surface area contributed by atoms with E-state index in [1.165, 1.54) is 0 Å². The Bertz CT molecular complexity index is 1020. The van der Waals surface area contributed by atoms with E-state index in [4.69, 9.17) is 15.2 Å². The number of carbonyl (C=O) groups excluding carboxylic acids is 2. The third kappa shape index (κ3) is 4.43. The topological polar surface area (TPSA) is 93.9 Å². The van der Waals surface area contributed by atoms with Gasteiger partial charge >= 0.3 is 0 Å². The second kappa shape index (κ2) is 8.82. The smallest absolute Gasteiger partial charge is 0.255 e. The highest BCUT2D eigenvalue weighted by molar-refractivity contribution is 6.04. The van der Waals surface area contributed by atoms with Gasteiger partial charge in [0.2, 0.25) is 12.7 Å². The molecule has 2 atom stereocenters. The monoisotopic (exact) mass is 435 g/mol. The number of nitrogens with zero attached hydrogens (tertiary/aromatic N) is 1. The summed E-state index contributed by atoms with van der Waals surface area (Å²) in [5.41, 5.74) is 8.60. The predicted molar refractivity (Wildman–Crippen MR) is 120 cm³/mol. The van der Waals surface area contributed by atoms with Crippen molar-refractivity contribution in [3.63, 3.8) is 0 Å². The van der Waals surface area contributed by atoms with Crippen LogP contribution in [0, 0.1) is 5.92 Å². The number of nitrogens with one attached hydrogen (secondary N) is 1. The van der Waals surface area contributed by atoms with Gasteiger partial charge in [-0.2, -0.15) is 0 Å². The summed E-state index contributed by atoms with van der Waals surface area (Å²) in [7, 11) is 0. The van der Waals surface area contributed by atoms with E-state index in [1.54, 1.807) is 18.2 Å². The van der Waals surface area contributed by atoms with Gasteiger partial charge in [0.05, 0.1) is 0 Å². The number of benzene rings is 2. The summed E-state index contributed by atoms with van der Waals surface area (Å²) in [6, 6.07) is 12.9. The van der Waals surface area contributed by atoms with E-state index in [9.17, 15) is 9.59 Å². The molecule has 1 heterocycles. The van der Waals surface area contributed by atoms with Gasteiger partial charge in [-0.25, -0.2) is 0 Å². The van der Waals surface area contributed by atoms with Crippen molar-refractivity contribution in [2.45, 2.75) is 57.2 Å². The highest BCUT2D eigenvalue weighted by atomic mass is 16.7. The molecule has 3 aliphatic rings. The van der Waals surface area contributed by atoms with Crippen molar-refractivity contribution < 1.29 is 19.1 Å². The van der Waals surface area contributed by atoms with Crippen LogP contribution in [0.3, 0.4) is 0 Å². The van der Waals surface area contributed by atoms with Gasteiger partial charge in [0.15, 0.2) is 11.5 Å². The molecule has 2 aromatic rings. The Morgan fingerprint density at radius 1 is 1.00 bits per heavy atom. The fourth-order valence-corrected chi connectivity index (χ4v) is 4.64. The van der Waals surface area contributed by atoms with Gasteiger partial charge in [0.25, 0.3) is 5.91 Å². The SMILES string of the molecule is NC1CCCCC1N(Cc1cccc(NC(=O)c2ccc3c(c2)OCO3)c1)C(=O)C1CC1. The first-order valence-electron chi connectivity index (χ1n) is 11.4. The summed E-state index contributed by atoms with van der Waals surface area (Å²) in [6.07, 6.45) is 6.11. The van der Waals surface area contributed by atoms with Crippen LogP contribution in [0.5, 0.6) is 11.5 Å². The Kier molecular flexibility index (Phi) is 5.74. The lowest BCUT2D eigenvalue weighted by Crippen LogP contribution is -2.52. The first-order chi connectivity index (χ1) is 15.6. The van der Waals surface area contributed by atoms with Crippen molar-refractivity contribution in [2.75, 3.05) is 12.1 Å². The minimum Gasteiger partial charge on any atom is -0.454 e. The van der Waals surface area contributed by atoms with Crippen LogP contribution in [0.4, 0.5) is 5.69 Å². The molecule has 0 radical (unpaired) electrons. The van der Waals surface area contributed by atoms with E-state index < -0.39 is 0 Å². The number of nitrogens with two attached hydrogens (primary N) is 1. The molecule has 2 aromatic carbocycles. The zero-order valence-corrected chi connectivity index (χ0v) is 18.1. The average molecular weight is 436 g/mol. The van der Waals surface area contributed by atoms with Crippen molar-refractivity contribution in [1.82, 2.24) is 4.90 Å². The molecule has 0 aromatic heterocycles. The van der Waals surface area contributed by atoms with Crippen LogP contribution >= 0.6 is 0 Å². The van der Waals surface area contributed by atoms with Gasteiger partial charge in [-0.1, -0.05) is 25.0 Å². The fourth-order valence-electron chi connectivity index (χ4n) is 4.64. The normalized spacial score (nSPS) is 21.8. The molecule has 0 saturated heterocycles. The molecule has 2 saturated carbocycles. The van der Waals surface area contributed by atoms with Gasteiger partial charge in [0.1, 0.15) is 0 Å². The maximum atomic E-state index is 13.1. The third-order valence-electron chi connectivity index (χ3n) is 6.56. The summed E-state index contributed by atoms with van der Waals surface area (Å²) >= 11 is 0. The molecule has 5 rings (SSSR count). The first-order valence-corrected chi connectivity index (χ1v) is 11.4. The summed E-state index contributed by atoms with van der Waals surface area (Å²) in [5.74, 6) is 1.37. The van der Waals surface area contributed by atoms with Gasteiger partial charge in [-0.3, -0.25) is 9.59 Å². The number of hydrogen-bond acceptors (Lipinski definition) is 5. The molecule has 168 valence electrons. The maximum absolute atomic E-state index is 13.1. The van der Waals surface area contributed by atoms with Crippen LogP contribution in [0.1, 0.15) is 54.4 Å². The number of amides is 2. The lowest BCUT2D eigenvalue weighted by atomic mass is 9.89. The van der Waals surface area contributed by atoms with E-state index in [2.05, 4.69) is 5.32 Å². The molecule has 1 aliphatic heterocycles. The molecule has 0 spiro atoms. The molecule has 7 heteroatoms. The van der Waals surface area contributed by atoms with Crippen molar-refractivity contribution in [3.05, 3.63) is 53.6 Å². The maximum Gasteiger partial charge on any atom is 0.255 e. The van der Waals surface area contributed by atoms with Crippen molar-refractivity contribution in [3.8, 4) is 11.5 Å². The quantitative estimate of drug-likeness (QED) is 0.722. The van der Waals surface area contributed by atoms with Crippen molar-refractivity contribution >= 4 is 17.5 Å². The van der Waals surface area contributed by atoms with E-state index >= 15 is 0 Å². The van der Waals surface area contributed by atoms with Crippen LogP contribution in [-0.4, -0.2) is 35.6 Å². The lowest BCUT2D eigenvalue weighted by Gasteiger charge is -2.38. The molecule has 2 fully saturated rings. The van der Waals surface area contributed by atoms with Gasteiger partial charge in [-0.15, -0.1) is 0 Å². The lowest BCUT2D eigenvalue weighted by molar-refractivity contribution is -0.136. The number of carbonyl (C=O) groups is 2. The number of rotatable bonds is 6. The van der Waals surface area contributed by atoms with E-state index in [0.717, 1.165) is 44.1 Å². The van der Waals surface area contributed by atoms with Crippen LogP contribution in [0.2, 0.25) is 0 Å². The third-order valence-corrected chi connectivity index (χ3v) is 6.56.